The third kappa shape index (κ3) is 1.62. The van der Waals surface area contributed by atoms with E-state index in [0.29, 0.717) is 0 Å². The smallest absolute Gasteiger partial charge is 0.0362 e. The van der Waals surface area contributed by atoms with E-state index in [2.05, 4.69) is 41.4 Å². The topological polar surface area (TPSA) is 38.9 Å². The number of hydrogen-bond donors (Lipinski definition) is 1. The van der Waals surface area contributed by atoms with Crippen LogP contribution in [0.3, 0.4) is 0 Å². The summed E-state index contributed by atoms with van der Waals surface area (Å²) >= 11 is 0. The first-order valence-electron chi connectivity index (χ1n) is 6.74. The lowest BCUT2D eigenvalue weighted by molar-refractivity contribution is 1.27. The fourth-order valence-electron chi connectivity index (χ4n) is 2.97. The minimum Gasteiger partial charge on any atom is -0.398 e. The van der Waals surface area contributed by atoms with Gasteiger partial charge in [0.1, 0.15) is 0 Å². The standard InChI is InChI=1S/C18H14N2/c19-18-11-14(12-5-7-20-8-6-12)10-16-15-4-2-1-3-13(15)9-17(16)18/h1-8,10-11H,9,19H2. The number of nitrogen functional groups attached to an aromatic ring is 1. The third-order valence-corrected chi connectivity index (χ3v) is 3.97. The van der Waals surface area contributed by atoms with Crippen molar-refractivity contribution in [1.82, 2.24) is 4.98 Å². The molecule has 0 atom stereocenters. The van der Waals surface area contributed by atoms with E-state index in [1.807, 2.05) is 24.5 Å². The van der Waals surface area contributed by atoms with Crippen molar-refractivity contribution in [2.75, 3.05) is 5.73 Å². The van der Waals surface area contributed by atoms with Gasteiger partial charge < -0.3 is 5.73 Å². The van der Waals surface area contributed by atoms with Crippen molar-refractivity contribution in [3.8, 4) is 22.3 Å². The van der Waals surface area contributed by atoms with Crippen LogP contribution < -0.4 is 5.73 Å². The monoisotopic (exact) mass is 258 g/mol. The summed E-state index contributed by atoms with van der Waals surface area (Å²) in [4.78, 5) is 4.07. The molecule has 0 saturated heterocycles. The van der Waals surface area contributed by atoms with Gasteiger partial charge in [0.05, 0.1) is 0 Å². The van der Waals surface area contributed by atoms with Crippen LogP contribution in [0.15, 0.2) is 60.9 Å². The molecule has 1 aliphatic carbocycles. The normalized spacial score (nSPS) is 12.0. The molecule has 4 rings (SSSR count). The van der Waals surface area contributed by atoms with E-state index in [-0.39, 0.29) is 0 Å². The van der Waals surface area contributed by atoms with Crippen LogP contribution in [0.2, 0.25) is 0 Å². The van der Waals surface area contributed by atoms with Gasteiger partial charge in [0.2, 0.25) is 0 Å². The number of rotatable bonds is 1. The van der Waals surface area contributed by atoms with Gasteiger partial charge in [-0.2, -0.15) is 0 Å². The van der Waals surface area contributed by atoms with Crippen LogP contribution in [0.5, 0.6) is 0 Å². The summed E-state index contributed by atoms with van der Waals surface area (Å²) in [6.07, 6.45) is 4.56. The molecule has 0 unspecified atom stereocenters. The fourth-order valence-corrected chi connectivity index (χ4v) is 2.97. The highest BCUT2D eigenvalue weighted by Crippen LogP contribution is 2.41. The molecule has 3 aromatic rings. The lowest BCUT2D eigenvalue weighted by Crippen LogP contribution is -1.94. The fraction of sp³-hybridized carbons (Fsp3) is 0.0556. The average molecular weight is 258 g/mol. The van der Waals surface area contributed by atoms with Crippen LogP contribution in [0, 0.1) is 0 Å². The average Bonchev–Trinajstić information content (AvgIpc) is 2.88. The molecule has 0 spiro atoms. The highest BCUT2D eigenvalue weighted by Gasteiger charge is 2.20. The zero-order valence-corrected chi connectivity index (χ0v) is 11.0. The largest absolute Gasteiger partial charge is 0.398 e. The first-order chi connectivity index (χ1) is 9.83. The Labute approximate surface area is 117 Å². The van der Waals surface area contributed by atoms with Crippen molar-refractivity contribution in [2.45, 2.75) is 6.42 Å². The highest BCUT2D eigenvalue weighted by molar-refractivity contribution is 5.86. The molecule has 0 radical (unpaired) electrons. The molecule has 1 aliphatic rings. The maximum Gasteiger partial charge on any atom is 0.0362 e. The predicted molar refractivity (Wildman–Crippen MR) is 82.3 cm³/mol. The Balaban J connectivity index is 1.94. The number of nitrogens with two attached hydrogens (primary N) is 1. The number of nitrogens with zero attached hydrogens (tertiary/aromatic N) is 1. The van der Waals surface area contributed by atoms with Crippen molar-refractivity contribution >= 4 is 5.69 Å². The van der Waals surface area contributed by atoms with Gasteiger partial charge in [-0.05, 0) is 57.6 Å². The number of anilines is 1. The van der Waals surface area contributed by atoms with Crippen molar-refractivity contribution in [3.63, 3.8) is 0 Å². The van der Waals surface area contributed by atoms with E-state index in [0.717, 1.165) is 23.2 Å². The molecule has 0 aliphatic heterocycles. The highest BCUT2D eigenvalue weighted by atomic mass is 14.6. The van der Waals surface area contributed by atoms with Crippen molar-refractivity contribution in [1.29, 1.82) is 0 Å². The quantitative estimate of drug-likeness (QED) is 0.526. The van der Waals surface area contributed by atoms with E-state index in [9.17, 15) is 0 Å². The number of pyridine rings is 1. The molecule has 2 heteroatoms. The summed E-state index contributed by atoms with van der Waals surface area (Å²) in [6, 6.07) is 16.9. The van der Waals surface area contributed by atoms with E-state index < -0.39 is 0 Å². The second-order valence-corrected chi connectivity index (χ2v) is 5.16. The first kappa shape index (κ1) is 11.2. The minimum absolute atomic E-state index is 0.880. The van der Waals surface area contributed by atoms with Gasteiger partial charge in [-0.25, -0.2) is 0 Å². The number of benzene rings is 2. The Bertz CT molecular complexity index is 792. The summed E-state index contributed by atoms with van der Waals surface area (Å²) < 4.78 is 0. The molecule has 2 aromatic carbocycles. The molecule has 20 heavy (non-hydrogen) atoms. The van der Waals surface area contributed by atoms with Gasteiger partial charge >= 0.3 is 0 Å². The van der Waals surface area contributed by atoms with Gasteiger partial charge in [-0.15, -0.1) is 0 Å². The summed E-state index contributed by atoms with van der Waals surface area (Å²) in [6.45, 7) is 0. The second kappa shape index (κ2) is 4.20. The van der Waals surface area contributed by atoms with Crippen molar-refractivity contribution in [2.24, 2.45) is 0 Å². The Morgan fingerprint density at radius 2 is 1.65 bits per heavy atom. The van der Waals surface area contributed by atoms with Gasteiger partial charge in [-0.1, -0.05) is 24.3 Å². The maximum absolute atomic E-state index is 6.27. The minimum atomic E-state index is 0.880. The lowest BCUT2D eigenvalue weighted by Gasteiger charge is -2.09. The van der Waals surface area contributed by atoms with Crippen molar-refractivity contribution in [3.05, 3.63) is 72.1 Å². The Morgan fingerprint density at radius 3 is 2.50 bits per heavy atom. The summed E-state index contributed by atoms with van der Waals surface area (Å²) in [5, 5.41) is 0. The van der Waals surface area contributed by atoms with E-state index in [4.69, 9.17) is 5.73 Å². The molecule has 0 fully saturated rings. The van der Waals surface area contributed by atoms with Crippen LogP contribution in [0.1, 0.15) is 11.1 Å². The van der Waals surface area contributed by atoms with Gasteiger partial charge in [0.25, 0.3) is 0 Å². The van der Waals surface area contributed by atoms with E-state index in [1.165, 1.54) is 22.3 Å². The Hall–Kier alpha value is -2.61. The SMILES string of the molecule is Nc1cc(-c2ccncc2)cc2c1Cc1ccccc1-2. The van der Waals surface area contributed by atoms with Gasteiger partial charge in [0, 0.05) is 24.5 Å². The molecule has 1 heterocycles. The first-order valence-corrected chi connectivity index (χ1v) is 6.74. The van der Waals surface area contributed by atoms with Crippen LogP contribution in [-0.2, 0) is 6.42 Å². The van der Waals surface area contributed by atoms with E-state index in [1.54, 1.807) is 0 Å². The number of aromatic nitrogens is 1. The van der Waals surface area contributed by atoms with Crippen LogP contribution >= 0.6 is 0 Å². The van der Waals surface area contributed by atoms with Crippen LogP contribution in [0.25, 0.3) is 22.3 Å². The Morgan fingerprint density at radius 1 is 0.850 bits per heavy atom. The van der Waals surface area contributed by atoms with Crippen molar-refractivity contribution < 1.29 is 0 Å². The molecule has 0 bridgehead atoms. The molecule has 0 amide bonds. The Kier molecular flexibility index (Phi) is 2.36. The lowest BCUT2D eigenvalue weighted by atomic mass is 9.98. The maximum atomic E-state index is 6.27. The summed E-state index contributed by atoms with van der Waals surface area (Å²) in [7, 11) is 0. The summed E-state index contributed by atoms with van der Waals surface area (Å²) in [5.41, 5.74) is 14.7. The zero-order valence-electron chi connectivity index (χ0n) is 11.0. The third-order valence-electron chi connectivity index (χ3n) is 3.97. The van der Waals surface area contributed by atoms with E-state index >= 15 is 0 Å². The van der Waals surface area contributed by atoms with Crippen LogP contribution in [0.4, 0.5) is 5.69 Å². The van der Waals surface area contributed by atoms with Crippen LogP contribution in [-0.4, -0.2) is 4.98 Å². The number of hydrogen-bond acceptors (Lipinski definition) is 2. The molecule has 96 valence electrons. The van der Waals surface area contributed by atoms with Gasteiger partial charge in [0.15, 0.2) is 0 Å². The molecular weight excluding hydrogens is 244 g/mol. The molecule has 1 aromatic heterocycles. The molecule has 2 N–H and O–H groups in total. The van der Waals surface area contributed by atoms with Gasteiger partial charge in [-0.3, -0.25) is 4.98 Å². The molecular formula is C18H14N2. The predicted octanol–water partition coefficient (Wildman–Crippen LogP) is 3.90. The second-order valence-electron chi connectivity index (χ2n) is 5.16. The molecule has 2 nitrogen and oxygen atoms in total. The molecule has 0 saturated carbocycles. The summed E-state index contributed by atoms with van der Waals surface area (Å²) in [5.74, 6) is 0. The zero-order chi connectivity index (χ0) is 13.5. The number of fused-ring (bicyclic) bond motifs is 3.